The molecule has 0 fully saturated rings. The number of aromatic nitrogens is 1. The predicted molar refractivity (Wildman–Crippen MR) is 111 cm³/mol. The molecule has 0 atom stereocenters. The maximum atomic E-state index is 12.4. The van der Waals surface area contributed by atoms with Gasteiger partial charge in [-0.25, -0.2) is 4.98 Å². The maximum Gasteiger partial charge on any atom is 0.269 e. The molecule has 0 spiro atoms. The zero-order valence-electron chi connectivity index (χ0n) is 15.5. The lowest BCUT2D eigenvalue weighted by molar-refractivity contribution is -0.384. The number of carbonyl (C=O) groups is 1. The molecule has 0 aliphatic heterocycles. The minimum Gasteiger partial charge on any atom is -0.297 e. The third kappa shape index (κ3) is 5.34. The predicted octanol–water partition coefficient (Wildman–Crippen LogP) is 4.50. The van der Waals surface area contributed by atoms with Crippen LogP contribution in [0.4, 0.5) is 10.8 Å². The molecule has 0 aliphatic carbocycles. The zero-order chi connectivity index (χ0) is 20.8. The molecule has 2 aromatic carbocycles. The van der Waals surface area contributed by atoms with Gasteiger partial charge in [0.2, 0.25) is 0 Å². The highest BCUT2D eigenvalue weighted by molar-refractivity contribution is 7.15. The van der Waals surface area contributed by atoms with Crippen LogP contribution in [0.3, 0.4) is 0 Å². The molecule has 1 aromatic heterocycles. The normalized spacial score (nSPS) is 11.0. The number of aryl methyl sites for hydroxylation is 1. The molecule has 0 saturated carbocycles. The Kier molecular flexibility index (Phi) is 6.12. The Morgan fingerprint density at radius 2 is 2.07 bits per heavy atom. The van der Waals surface area contributed by atoms with Gasteiger partial charge in [-0.1, -0.05) is 29.8 Å². The summed E-state index contributed by atoms with van der Waals surface area (Å²) in [6.07, 6.45) is 3.79. The Bertz CT molecular complexity index is 1130. The van der Waals surface area contributed by atoms with E-state index in [-0.39, 0.29) is 11.3 Å². The molecule has 144 valence electrons. The Labute approximate surface area is 171 Å². The summed E-state index contributed by atoms with van der Waals surface area (Å²) in [4.78, 5) is 27.8. The standard InChI is InChI=1S/C21H16N4O3S/c1-14-3-2-4-16(9-14)11-19-13-23-21(29-19)24-20(26)17(12-22)10-15-5-7-18(8-6-15)25(27)28/h2-10,13H,11H2,1H3,(H,23,24,26)/b17-10+. The van der Waals surface area contributed by atoms with Gasteiger partial charge < -0.3 is 0 Å². The highest BCUT2D eigenvalue weighted by atomic mass is 32.1. The smallest absolute Gasteiger partial charge is 0.269 e. The van der Waals surface area contributed by atoms with Gasteiger partial charge in [-0.05, 0) is 36.3 Å². The highest BCUT2D eigenvalue weighted by Gasteiger charge is 2.13. The minimum atomic E-state index is -0.581. The number of thiazole rings is 1. The lowest BCUT2D eigenvalue weighted by atomic mass is 10.1. The number of hydrogen-bond acceptors (Lipinski definition) is 6. The quantitative estimate of drug-likeness (QED) is 0.282. The van der Waals surface area contributed by atoms with Crippen LogP contribution in [0, 0.1) is 28.4 Å². The van der Waals surface area contributed by atoms with Crippen molar-refractivity contribution in [3.63, 3.8) is 0 Å². The third-order valence-electron chi connectivity index (χ3n) is 4.01. The van der Waals surface area contributed by atoms with E-state index in [4.69, 9.17) is 0 Å². The van der Waals surface area contributed by atoms with Gasteiger partial charge in [-0.2, -0.15) is 5.26 Å². The topological polar surface area (TPSA) is 109 Å². The van der Waals surface area contributed by atoms with E-state index in [1.165, 1.54) is 47.2 Å². The second kappa shape index (κ2) is 8.91. The fourth-order valence-corrected chi connectivity index (χ4v) is 3.48. The van der Waals surface area contributed by atoms with Gasteiger partial charge in [0.1, 0.15) is 11.6 Å². The second-order valence-corrected chi connectivity index (χ2v) is 7.39. The van der Waals surface area contributed by atoms with Crippen LogP contribution in [0.15, 0.2) is 60.3 Å². The summed E-state index contributed by atoms with van der Waals surface area (Å²) in [7, 11) is 0. The number of nitrogens with zero attached hydrogens (tertiary/aromatic N) is 3. The molecule has 3 aromatic rings. The third-order valence-corrected chi connectivity index (χ3v) is 4.93. The molecule has 0 aliphatic rings. The number of amides is 1. The van der Waals surface area contributed by atoms with Crippen molar-refractivity contribution in [3.05, 3.63) is 92.0 Å². The van der Waals surface area contributed by atoms with Crippen molar-refractivity contribution < 1.29 is 9.72 Å². The molecule has 7 nitrogen and oxygen atoms in total. The molecule has 29 heavy (non-hydrogen) atoms. The summed E-state index contributed by atoms with van der Waals surface area (Å²) in [5, 5.41) is 23.0. The number of nitro benzene ring substituents is 1. The van der Waals surface area contributed by atoms with Crippen LogP contribution >= 0.6 is 11.3 Å². The van der Waals surface area contributed by atoms with Crippen molar-refractivity contribution in [3.8, 4) is 6.07 Å². The van der Waals surface area contributed by atoms with Crippen LogP contribution in [0.5, 0.6) is 0 Å². The van der Waals surface area contributed by atoms with Gasteiger partial charge in [0, 0.05) is 29.6 Å². The molecule has 8 heteroatoms. The molecule has 0 unspecified atom stereocenters. The number of rotatable bonds is 6. The van der Waals surface area contributed by atoms with E-state index in [2.05, 4.69) is 16.4 Å². The van der Waals surface area contributed by atoms with E-state index >= 15 is 0 Å². The van der Waals surface area contributed by atoms with Crippen molar-refractivity contribution in [2.24, 2.45) is 0 Å². The fourth-order valence-electron chi connectivity index (χ4n) is 2.64. The number of hydrogen-bond donors (Lipinski definition) is 1. The molecule has 3 rings (SSSR count). The van der Waals surface area contributed by atoms with E-state index in [1.54, 1.807) is 6.20 Å². The van der Waals surface area contributed by atoms with Crippen molar-refractivity contribution in [2.75, 3.05) is 5.32 Å². The van der Waals surface area contributed by atoms with Crippen LogP contribution in [0.25, 0.3) is 6.08 Å². The van der Waals surface area contributed by atoms with Gasteiger partial charge in [-0.3, -0.25) is 20.2 Å². The average molecular weight is 404 g/mol. The minimum absolute atomic E-state index is 0.0611. The van der Waals surface area contributed by atoms with Crippen LogP contribution < -0.4 is 5.32 Å². The van der Waals surface area contributed by atoms with E-state index in [9.17, 15) is 20.2 Å². The number of nitriles is 1. The Balaban J connectivity index is 1.69. The SMILES string of the molecule is Cc1cccc(Cc2cnc(NC(=O)/C(C#N)=C/c3ccc([N+](=O)[O-])cc3)s2)c1. The molecule has 1 amide bonds. The summed E-state index contributed by atoms with van der Waals surface area (Å²) in [6.45, 7) is 2.03. The van der Waals surface area contributed by atoms with Gasteiger partial charge in [0.05, 0.1) is 4.92 Å². The van der Waals surface area contributed by atoms with Gasteiger partial charge in [-0.15, -0.1) is 11.3 Å². The first-order valence-corrected chi connectivity index (χ1v) is 9.44. The van der Waals surface area contributed by atoms with Crippen LogP contribution in [0.1, 0.15) is 21.6 Å². The van der Waals surface area contributed by atoms with E-state index < -0.39 is 10.8 Å². The van der Waals surface area contributed by atoms with Gasteiger partial charge >= 0.3 is 0 Å². The summed E-state index contributed by atoms with van der Waals surface area (Å²) >= 11 is 1.35. The Hall–Kier alpha value is -3.83. The molecule has 0 saturated heterocycles. The molecule has 1 heterocycles. The fraction of sp³-hybridized carbons (Fsp3) is 0.0952. The van der Waals surface area contributed by atoms with E-state index in [0.717, 1.165) is 10.4 Å². The molecular formula is C21H16N4O3S. The number of benzene rings is 2. The van der Waals surface area contributed by atoms with Gasteiger partial charge in [0.25, 0.3) is 11.6 Å². The van der Waals surface area contributed by atoms with Crippen molar-refractivity contribution >= 4 is 34.1 Å². The first-order valence-electron chi connectivity index (χ1n) is 8.62. The number of nitro groups is 1. The first kappa shape index (κ1) is 19.9. The van der Waals surface area contributed by atoms with Crippen molar-refractivity contribution in [1.29, 1.82) is 5.26 Å². The molecule has 1 N–H and O–H groups in total. The van der Waals surface area contributed by atoms with E-state index in [0.29, 0.717) is 17.1 Å². The first-order chi connectivity index (χ1) is 13.9. The van der Waals surface area contributed by atoms with Crippen LogP contribution in [0.2, 0.25) is 0 Å². The molecule has 0 bridgehead atoms. The molecule has 0 radical (unpaired) electrons. The summed E-state index contributed by atoms with van der Waals surface area (Å²) in [5.74, 6) is -0.581. The zero-order valence-corrected chi connectivity index (χ0v) is 16.3. The van der Waals surface area contributed by atoms with Crippen molar-refractivity contribution in [2.45, 2.75) is 13.3 Å². The largest absolute Gasteiger partial charge is 0.297 e. The number of carbonyl (C=O) groups excluding carboxylic acids is 1. The number of nitrogens with one attached hydrogen (secondary N) is 1. The second-order valence-electron chi connectivity index (χ2n) is 6.27. The number of non-ortho nitro benzene ring substituents is 1. The summed E-state index contributed by atoms with van der Waals surface area (Å²) in [6, 6.07) is 15.6. The molecular weight excluding hydrogens is 388 g/mol. The Morgan fingerprint density at radius 3 is 2.72 bits per heavy atom. The lowest BCUT2D eigenvalue weighted by Gasteiger charge is -2.01. The summed E-state index contributed by atoms with van der Waals surface area (Å²) in [5.41, 5.74) is 2.67. The highest BCUT2D eigenvalue weighted by Crippen LogP contribution is 2.22. The van der Waals surface area contributed by atoms with Crippen LogP contribution in [-0.4, -0.2) is 15.8 Å². The van der Waals surface area contributed by atoms with Crippen LogP contribution in [-0.2, 0) is 11.2 Å². The summed E-state index contributed by atoms with van der Waals surface area (Å²) < 4.78 is 0. The monoisotopic (exact) mass is 404 g/mol. The lowest BCUT2D eigenvalue weighted by Crippen LogP contribution is -2.13. The average Bonchev–Trinajstić information content (AvgIpc) is 3.13. The van der Waals surface area contributed by atoms with E-state index in [1.807, 2.05) is 31.2 Å². The van der Waals surface area contributed by atoms with Crippen molar-refractivity contribution in [1.82, 2.24) is 4.98 Å². The maximum absolute atomic E-state index is 12.4. The van der Waals surface area contributed by atoms with Gasteiger partial charge in [0.15, 0.2) is 5.13 Å². The Morgan fingerprint density at radius 1 is 1.31 bits per heavy atom. The number of anilines is 1.